The Morgan fingerprint density at radius 1 is 0.400 bits per heavy atom. The number of nitrogens with one attached hydrogen (secondary N) is 1. The molecule has 414 valence electrons. The first-order chi connectivity index (χ1) is 34.5. The normalized spacial score (nSPS) is 12.7. The Hall–Kier alpha value is -1.66. The van der Waals surface area contributed by atoms with Gasteiger partial charge in [0.15, 0.2) is 0 Å². The van der Waals surface area contributed by atoms with Crippen molar-refractivity contribution in [2.24, 2.45) is 0 Å². The third kappa shape index (κ3) is 55.7. The van der Waals surface area contributed by atoms with Gasteiger partial charge in [0.25, 0.3) is 0 Å². The SMILES string of the molecule is CCCCCCCCCCCCCCCCCCCCCC(=O)OCCCCC/C=C\C/C=C\CCCCCCCCCC(=O)NC(CO)C(O)CCCCCCCCCCCCCCCCCCC. The fourth-order valence-electron chi connectivity index (χ4n) is 9.91. The van der Waals surface area contributed by atoms with E-state index in [4.69, 9.17) is 4.74 Å². The van der Waals surface area contributed by atoms with Crippen molar-refractivity contribution in [3.8, 4) is 0 Å². The molecule has 0 rings (SSSR count). The number of unbranched alkanes of at least 4 members (excludes halogenated alkanes) is 44. The van der Waals surface area contributed by atoms with Crippen LogP contribution >= 0.6 is 0 Å². The minimum atomic E-state index is -0.675. The molecule has 0 bridgehead atoms. The maximum Gasteiger partial charge on any atom is 0.305 e. The first-order valence-electron chi connectivity index (χ1n) is 31.6. The summed E-state index contributed by atoms with van der Waals surface area (Å²) >= 11 is 0. The molecule has 0 aromatic rings. The third-order valence-corrected chi connectivity index (χ3v) is 14.8. The van der Waals surface area contributed by atoms with E-state index in [0.29, 0.717) is 25.9 Å². The zero-order valence-electron chi connectivity index (χ0n) is 47.3. The molecule has 0 heterocycles. The number of amides is 1. The fourth-order valence-corrected chi connectivity index (χ4v) is 9.91. The van der Waals surface area contributed by atoms with Gasteiger partial charge in [-0.2, -0.15) is 0 Å². The Balaban J connectivity index is 3.46. The van der Waals surface area contributed by atoms with Gasteiger partial charge in [0.1, 0.15) is 0 Å². The minimum absolute atomic E-state index is 0.0100. The van der Waals surface area contributed by atoms with Crippen LogP contribution in [0.4, 0.5) is 0 Å². The minimum Gasteiger partial charge on any atom is -0.466 e. The van der Waals surface area contributed by atoms with Gasteiger partial charge in [-0.05, 0) is 64.2 Å². The lowest BCUT2D eigenvalue weighted by molar-refractivity contribution is -0.143. The maximum atomic E-state index is 12.5. The number of carbonyl (C=O) groups is 2. The van der Waals surface area contributed by atoms with Crippen LogP contribution in [0.1, 0.15) is 348 Å². The Labute approximate surface area is 437 Å². The molecular weight excluding hydrogens is 863 g/mol. The van der Waals surface area contributed by atoms with Crippen molar-refractivity contribution in [3.63, 3.8) is 0 Å². The van der Waals surface area contributed by atoms with Crippen molar-refractivity contribution in [1.82, 2.24) is 5.32 Å². The molecule has 0 saturated heterocycles. The van der Waals surface area contributed by atoms with Crippen LogP contribution < -0.4 is 5.32 Å². The van der Waals surface area contributed by atoms with Gasteiger partial charge in [-0.15, -0.1) is 0 Å². The van der Waals surface area contributed by atoms with E-state index in [-0.39, 0.29) is 18.5 Å². The predicted molar refractivity (Wildman–Crippen MR) is 306 cm³/mol. The number of hydrogen-bond acceptors (Lipinski definition) is 5. The second-order valence-electron chi connectivity index (χ2n) is 21.7. The van der Waals surface area contributed by atoms with E-state index in [0.717, 1.165) is 83.5 Å². The molecule has 0 radical (unpaired) electrons. The number of aliphatic hydroxyl groups excluding tert-OH is 2. The Morgan fingerprint density at radius 2 is 0.714 bits per heavy atom. The monoisotopic (exact) mass is 986 g/mol. The third-order valence-electron chi connectivity index (χ3n) is 14.8. The number of ether oxygens (including phenoxy) is 1. The molecule has 0 aliphatic carbocycles. The lowest BCUT2D eigenvalue weighted by atomic mass is 10.0. The summed E-state index contributed by atoms with van der Waals surface area (Å²) in [5, 5.41) is 23.3. The number of rotatable bonds is 59. The molecule has 3 N–H and O–H groups in total. The van der Waals surface area contributed by atoms with E-state index in [2.05, 4.69) is 43.5 Å². The zero-order chi connectivity index (χ0) is 50.7. The summed E-state index contributed by atoms with van der Waals surface area (Å²) in [6.07, 6.45) is 73.3. The molecule has 0 spiro atoms. The van der Waals surface area contributed by atoms with Gasteiger partial charge < -0.3 is 20.3 Å². The van der Waals surface area contributed by atoms with Crippen LogP contribution in [0.3, 0.4) is 0 Å². The van der Waals surface area contributed by atoms with Crippen molar-refractivity contribution < 1.29 is 24.5 Å². The quantitative estimate of drug-likeness (QED) is 0.0321. The predicted octanol–water partition coefficient (Wildman–Crippen LogP) is 19.8. The standard InChI is InChI=1S/C64H123NO5/c1-3-5-7-9-11-13-15-17-19-21-22-26-30-34-38-42-46-50-54-58-64(69)70-59-55-51-47-43-39-35-31-27-23-25-29-33-37-41-45-49-53-57-63(68)65-61(60-66)62(67)56-52-48-44-40-36-32-28-24-20-18-16-14-12-10-8-6-4-2/h23,27,35,39,61-62,66-67H,3-22,24-26,28-34,36-38,40-60H2,1-2H3,(H,65,68)/b27-23-,39-35-. The first kappa shape index (κ1) is 68.3. The summed E-state index contributed by atoms with van der Waals surface area (Å²) in [6.45, 7) is 4.94. The van der Waals surface area contributed by atoms with Gasteiger partial charge in [-0.3, -0.25) is 9.59 Å². The van der Waals surface area contributed by atoms with E-state index in [1.54, 1.807) is 0 Å². The molecule has 0 fully saturated rings. The topological polar surface area (TPSA) is 95.9 Å². The average Bonchev–Trinajstić information content (AvgIpc) is 3.36. The maximum absolute atomic E-state index is 12.5. The van der Waals surface area contributed by atoms with Gasteiger partial charge in [-0.25, -0.2) is 0 Å². The van der Waals surface area contributed by atoms with E-state index < -0.39 is 12.1 Å². The van der Waals surface area contributed by atoms with Crippen molar-refractivity contribution in [1.29, 1.82) is 0 Å². The lowest BCUT2D eigenvalue weighted by Gasteiger charge is -2.22. The summed E-state index contributed by atoms with van der Waals surface area (Å²) in [4.78, 5) is 24.6. The molecular formula is C64H123NO5. The Bertz CT molecular complexity index is 1090. The number of carbonyl (C=O) groups excluding carboxylic acids is 2. The lowest BCUT2D eigenvalue weighted by Crippen LogP contribution is -2.45. The molecule has 0 aliphatic rings. The molecule has 6 nitrogen and oxygen atoms in total. The average molecular weight is 987 g/mol. The van der Waals surface area contributed by atoms with Gasteiger partial charge >= 0.3 is 5.97 Å². The number of allylic oxidation sites excluding steroid dienone is 4. The molecule has 0 aromatic heterocycles. The molecule has 6 heteroatoms. The highest BCUT2D eigenvalue weighted by Crippen LogP contribution is 2.18. The molecule has 2 atom stereocenters. The smallest absolute Gasteiger partial charge is 0.305 e. The summed E-state index contributed by atoms with van der Waals surface area (Å²) in [5.41, 5.74) is 0. The van der Waals surface area contributed by atoms with Crippen LogP contribution in [-0.2, 0) is 14.3 Å². The molecule has 0 saturated carbocycles. The van der Waals surface area contributed by atoms with Crippen molar-refractivity contribution >= 4 is 11.9 Å². The largest absolute Gasteiger partial charge is 0.466 e. The Morgan fingerprint density at radius 3 is 1.09 bits per heavy atom. The number of aliphatic hydroxyl groups is 2. The van der Waals surface area contributed by atoms with E-state index >= 15 is 0 Å². The van der Waals surface area contributed by atoms with Crippen molar-refractivity contribution in [2.45, 2.75) is 360 Å². The molecule has 70 heavy (non-hydrogen) atoms. The Kier molecular flexibility index (Phi) is 58.5. The summed E-state index contributed by atoms with van der Waals surface area (Å²) < 4.78 is 5.48. The van der Waals surface area contributed by atoms with Gasteiger partial charge in [0.2, 0.25) is 5.91 Å². The second kappa shape index (κ2) is 59.9. The fraction of sp³-hybridized carbons (Fsp3) is 0.906. The van der Waals surface area contributed by atoms with Crippen LogP contribution in [0.5, 0.6) is 0 Å². The van der Waals surface area contributed by atoms with Gasteiger partial charge in [0, 0.05) is 12.8 Å². The van der Waals surface area contributed by atoms with E-state index in [1.807, 2.05) is 0 Å². The molecule has 1 amide bonds. The first-order valence-corrected chi connectivity index (χ1v) is 31.6. The van der Waals surface area contributed by atoms with Crippen LogP contribution in [0.2, 0.25) is 0 Å². The van der Waals surface area contributed by atoms with Crippen LogP contribution in [0.15, 0.2) is 24.3 Å². The highest BCUT2D eigenvalue weighted by Gasteiger charge is 2.20. The second-order valence-corrected chi connectivity index (χ2v) is 21.7. The molecule has 0 aromatic carbocycles. The molecule has 0 aliphatic heterocycles. The van der Waals surface area contributed by atoms with Crippen molar-refractivity contribution in [3.05, 3.63) is 24.3 Å². The number of esters is 1. The van der Waals surface area contributed by atoms with E-state index in [9.17, 15) is 19.8 Å². The summed E-state index contributed by atoms with van der Waals surface area (Å²) in [6, 6.07) is -0.554. The van der Waals surface area contributed by atoms with Gasteiger partial charge in [-0.1, -0.05) is 295 Å². The van der Waals surface area contributed by atoms with Crippen LogP contribution in [0, 0.1) is 0 Å². The van der Waals surface area contributed by atoms with Crippen LogP contribution in [0.25, 0.3) is 0 Å². The highest BCUT2D eigenvalue weighted by molar-refractivity contribution is 5.76. The molecule has 2 unspecified atom stereocenters. The number of hydrogen-bond donors (Lipinski definition) is 3. The summed E-state index contributed by atoms with van der Waals surface area (Å²) in [7, 11) is 0. The highest BCUT2D eigenvalue weighted by atomic mass is 16.5. The zero-order valence-corrected chi connectivity index (χ0v) is 47.3. The van der Waals surface area contributed by atoms with Crippen molar-refractivity contribution in [2.75, 3.05) is 13.2 Å². The van der Waals surface area contributed by atoms with Crippen LogP contribution in [-0.4, -0.2) is 47.4 Å². The summed E-state index contributed by atoms with van der Waals surface area (Å²) in [5.74, 6) is -0.0585. The van der Waals surface area contributed by atoms with Gasteiger partial charge in [0.05, 0.1) is 25.4 Å². The van der Waals surface area contributed by atoms with E-state index in [1.165, 1.54) is 231 Å².